The van der Waals surface area contributed by atoms with Crippen molar-refractivity contribution in [1.82, 2.24) is 4.98 Å². The highest BCUT2D eigenvalue weighted by Crippen LogP contribution is 2.27. The summed E-state index contributed by atoms with van der Waals surface area (Å²) in [5.74, 6) is -5.01. The van der Waals surface area contributed by atoms with Crippen molar-refractivity contribution in [1.29, 1.82) is 0 Å². The van der Waals surface area contributed by atoms with Crippen LogP contribution in [0.15, 0.2) is 6.20 Å². The van der Waals surface area contributed by atoms with Gasteiger partial charge in [-0.1, -0.05) is 0 Å². The van der Waals surface area contributed by atoms with E-state index in [2.05, 4.69) is 9.72 Å². The van der Waals surface area contributed by atoms with Gasteiger partial charge in [-0.05, 0) is 0 Å². The Hall–Kier alpha value is -1.93. The number of rotatable bonds is 3. The van der Waals surface area contributed by atoms with E-state index >= 15 is 0 Å². The Bertz CT molecular complexity index is 446. The Labute approximate surface area is 90.6 Å². The van der Waals surface area contributed by atoms with Crippen molar-refractivity contribution in [2.45, 2.75) is 13.0 Å². The molecule has 0 fully saturated rings. The predicted molar refractivity (Wildman–Crippen MR) is 42.6 cm³/mol. The predicted octanol–water partition coefficient (Wildman–Crippen LogP) is 2.29. The summed E-state index contributed by atoms with van der Waals surface area (Å²) in [6, 6.07) is 0. The molecular formula is C8H4F5NO3. The van der Waals surface area contributed by atoms with Crippen molar-refractivity contribution in [2.75, 3.05) is 0 Å². The lowest BCUT2D eigenvalue weighted by molar-refractivity contribution is -0.277. The van der Waals surface area contributed by atoms with Crippen LogP contribution >= 0.6 is 0 Å². The van der Waals surface area contributed by atoms with Crippen LogP contribution in [-0.4, -0.2) is 22.4 Å². The van der Waals surface area contributed by atoms with Crippen LogP contribution in [0.25, 0.3) is 0 Å². The number of hydrogen-bond donors (Lipinski definition) is 1. The molecule has 0 aliphatic heterocycles. The van der Waals surface area contributed by atoms with Gasteiger partial charge in [0, 0.05) is 11.8 Å². The molecule has 0 unspecified atom stereocenters. The first-order valence-corrected chi connectivity index (χ1v) is 3.98. The number of carboxylic acids is 1. The molecule has 0 bridgehead atoms. The number of aromatic carboxylic acids is 1. The van der Waals surface area contributed by atoms with Gasteiger partial charge < -0.3 is 9.84 Å². The van der Waals surface area contributed by atoms with Gasteiger partial charge in [-0.3, -0.25) is 0 Å². The summed E-state index contributed by atoms with van der Waals surface area (Å²) in [5, 5.41) is 8.51. The smallest absolute Gasteiger partial charge is 0.478 e. The number of aromatic nitrogens is 1. The summed E-state index contributed by atoms with van der Waals surface area (Å²) in [6.45, 7) is -1.59. The highest BCUT2D eigenvalue weighted by molar-refractivity contribution is 5.89. The first-order chi connectivity index (χ1) is 7.76. The van der Waals surface area contributed by atoms with Gasteiger partial charge in [-0.15, -0.1) is 13.2 Å². The molecule has 0 aromatic carbocycles. The van der Waals surface area contributed by atoms with Crippen molar-refractivity contribution in [3.8, 4) is 5.88 Å². The van der Waals surface area contributed by atoms with Crippen LogP contribution in [0.3, 0.4) is 0 Å². The van der Waals surface area contributed by atoms with Crippen molar-refractivity contribution >= 4 is 5.97 Å². The zero-order valence-electron chi connectivity index (χ0n) is 7.89. The van der Waals surface area contributed by atoms with Gasteiger partial charge in [0.25, 0.3) is 5.88 Å². The first kappa shape index (κ1) is 13.1. The molecule has 1 N–H and O–H groups in total. The number of pyridine rings is 1. The molecule has 0 atom stereocenters. The van der Waals surface area contributed by atoms with Gasteiger partial charge in [-0.25, -0.2) is 18.6 Å². The molecule has 0 aliphatic carbocycles. The summed E-state index contributed by atoms with van der Waals surface area (Å²) < 4.78 is 64.1. The summed E-state index contributed by atoms with van der Waals surface area (Å²) in [5.41, 5.74) is -1.91. The average Bonchev–Trinajstić information content (AvgIpc) is 2.18. The second-order valence-electron chi connectivity index (χ2n) is 2.76. The van der Waals surface area contributed by atoms with Crippen LogP contribution in [0.4, 0.5) is 22.0 Å². The summed E-state index contributed by atoms with van der Waals surface area (Å²) in [7, 11) is 0. The molecule has 0 saturated carbocycles. The lowest BCUT2D eigenvalue weighted by Gasteiger charge is -2.11. The Morgan fingerprint density at radius 1 is 1.47 bits per heavy atom. The molecule has 94 valence electrons. The van der Waals surface area contributed by atoms with Crippen molar-refractivity contribution in [3.63, 3.8) is 0 Å². The monoisotopic (exact) mass is 257 g/mol. The number of nitrogens with zero attached hydrogens (tertiary/aromatic N) is 1. The minimum atomic E-state index is -5.20. The molecule has 0 saturated heterocycles. The molecule has 9 heteroatoms. The molecule has 0 radical (unpaired) electrons. The van der Waals surface area contributed by atoms with E-state index in [0.29, 0.717) is 6.20 Å². The topological polar surface area (TPSA) is 59.4 Å². The summed E-state index contributed by atoms with van der Waals surface area (Å²) >= 11 is 0. The number of hydrogen-bond acceptors (Lipinski definition) is 3. The van der Waals surface area contributed by atoms with Gasteiger partial charge in [0.05, 0.1) is 5.56 Å². The summed E-state index contributed by atoms with van der Waals surface area (Å²) in [4.78, 5) is 13.3. The molecule has 1 aromatic rings. The van der Waals surface area contributed by atoms with Gasteiger partial charge in [0.1, 0.15) is 6.67 Å². The van der Waals surface area contributed by atoms with Gasteiger partial charge in [0.15, 0.2) is 5.82 Å². The van der Waals surface area contributed by atoms with E-state index in [4.69, 9.17) is 5.11 Å². The highest BCUT2D eigenvalue weighted by Gasteiger charge is 2.34. The summed E-state index contributed by atoms with van der Waals surface area (Å²) in [6.07, 6.45) is -4.81. The van der Waals surface area contributed by atoms with Gasteiger partial charge in [-0.2, -0.15) is 0 Å². The quantitative estimate of drug-likeness (QED) is 0.844. The number of alkyl halides is 4. The zero-order chi connectivity index (χ0) is 13.2. The van der Waals surface area contributed by atoms with E-state index < -0.39 is 41.8 Å². The van der Waals surface area contributed by atoms with E-state index in [0.717, 1.165) is 0 Å². The SMILES string of the molecule is O=C(O)c1cnc(OC(F)(F)F)c(F)c1CF. The fourth-order valence-electron chi connectivity index (χ4n) is 1.00. The molecule has 17 heavy (non-hydrogen) atoms. The first-order valence-electron chi connectivity index (χ1n) is 3.98. The minimum Gasteiger partial charge on any atom is -0.478 e. The van der Waals surface area contributed by atoms with Gasteiger partial charge >= 0.3 is 12.3 Å². The van der Waals surface area contributed by atoms with Gasteiger partial charge in [0.2, 0.25) is 0 Å². The molecule has 1 rings (SSSR count). The van der Waals surface area contributed by atoms with Crippen molar-refractivity contribution < 1.29 is 36.6 Å². The Balaban J connectivity index is 3.25. The van der Waals surface area contributed by atoms with E-state index in [9.17, 15) is 26.7 Å². The highest BCUT2D eigenvalue weighted by atomic mass is 19.4. The van der Waals surface area contributed by atoms with Crippen LogP contribution in [0, 0.1) is 5.82 Å². The molecule has 1 aromatic heterocycles. The van der Waals surface area contributed by atoms with E-state index in [-0.39, 0.29) is 0 Å². The molecule has 0 spiro atoms. The second kappa shape index (κ2) is 4.52. The fraction of sp³-hybridized carbons (Fsp3) is 0.250. The molecule has 0 amide bonds. The second-order valence-corrected chi connectivity index (χ2v) is 2.76. The lowest BCUT2D eigenvalue weighted by atomic mass is 10.1. The van der Waals surface area contributed by atoms with Crippen molar-refractivity contribution in [2.24, 2.45) is 0 Å². The maximum Gasteiger partial charge on any atom is 0.574 e. The van der Waals surface area contributed by atoms with E-state index in [1.54, 1.807) is 0 Å². The lowest BCUT2D eigenvalue weighted by Crippen LogP contribution is -2.20. The number of carbonyl (C=O) groups is 1. The Kier molecular flexibility index (Phi) is 3.49. The normalized spacial score (nSPS) is 11.4. The van der Waals surface area contributed by atoms with Crippen LogP contribution in [0.1, 0.15) is 15.9 Å². The number of ether oxygens (including phenoxy) is 1. The van der Waals surface area contributed by atoms with Crippen LogP contribution in [-0.2, 0) is 6.67 Å². The van der Waals surface area contributed by atoms with Crippen LogP contribution in [0.2, 0.25) is 0 Å². The molecule has 4 nitrogen and oxygen atoms in total. The zero-order valence-corrected chi connectivity index (χ0v) is 7.89. The number of halogens is 5. The third-order valence-electron chi connectivity index (χ3n) is 1.67. The minimum absolute atomic E-state index is 0.390. The average molecular weight is 257 g/mol. The maximum absolute atomic E-state index is 13.2. The van der Waals surface area contributed by atoms with E-state index in [1.165, 1.54) is 0 Å². The molecular weight excluding hydrogens is 253 g/mol. The third kappa shape index (κ3) is 3.02. The Morgan fingerprint density at radius 2 is 2.06 bits per heavy atom. The van der Waals surface area contributed by atoms with Crippen LogP contribution in [0.5, 0.6) is 5.88 Å². The third-order valence-corrected chi connectivity index (χ3v) is 1.67. The molecule has 1 heterocycles. The van der Waals surface area contributed by atoms with Crippen LogP contribution < -0.4 is 4.74 Å². The standard InChI is InChI=1S/C8H4F5NO3/c9-1-3-4(7(15)16)2-14-6(5(3)10)17-8(11,12)13/h2H,1H2,(H,15,16). The van der Waals surface area contributed by atoms with E-state index in [1.807, 2.05) is 0 Å². The maximum atomic E-state index is 13.2. The molecule has 0 aliphatic rings. The Morgan fingerprint density at radius 3 is 2.47 bits per heavy atom. The number of carboxylic acid groups (broad SMARTS) is 1. The fourth-order valence-corrected chi connectivity index (χ4v) is 1.00. The largest absolute Gasteiger partial charge is 0.574 e. The van der Waals surface area contributed by atoms with Crippen molar-refractivity contribution in [3.05, 3.63) is 23.1 Å².